The molecule has 0 saturated heterocycles. The minimum atomic E-state index is -0.993. The molecule has 0 aliphatic heterocycles. The van der Waals surface area contributed by atoms with Crippen molar-refractivity contribution in [3.8, 4) is 0 Å². The third kappa shape index (κ3) is 1.15. The molecule has 0 aliphatic rings. The van der Waals surface area contributed by atoms with E-state index in [1.54, 1.807) is 0 Å². The molecular weight excluding hydrogens is 143 g/mol. The van der Waals surface area contributed by atoms with E-state index < -0.39 is 7.41 Å². The molecule has 0 aliphatic carbocycles. The second kappa shape index (κ2) is 2.47. The number of hydrogen-bond donors (Lipinski definition) is 0. The van der Waals surface area contributed by atoms with Crippen molar-refractivity contribution in [1.82, 2.24) is 0 Å². The summed E-state index contributed by atoms with van der Waals surface area (Å²) in [6, 6.07) is 0. The molecule has 2 heteroatoms. The molecule has 0 spiro atoms. The Morgan fingerprint density at radius 1 is 1.00 bits per heavy atom. The number of rotatable bonds is 2. The molecule has 0 aromatic carbocycles. The van der Waals surface area contributed by atoms with Crippen LogP contribution in [0.1, 0.15) is 50.1 Å². The van der Waals surface area contributed by atoms with Crippen molar-refractivity contribution in [3.63, 3.8) is 0 Å². The Bertz CT molecular complexity index is 218. The van der Waals surface area contributed by atoms with Gasteiger partial charge in [0.25, 0.3) is 0 Å². The molecule has 0 fully saturated rings. The molecule has 1 heterocycles. The largest absolute Gasteiger partial charge is 0.415 e. The highest BCUT2D eigenvalue weighted by Crippen LogP contribution is 2.52. The fraction of sp³-hybridized carbons (Fsp3) is 0.750. The highest BCUT2D eigenvalue weighted by Gasteiger charge is 2.42. The van der Waals surface area contributed by atoms with E-state index in [1.165, 1.54) is 10.6 Å². The van der Waals surface area contributed by atoms with Crippen LogP contribution >= 0.6 is 7.41 Å². The minimum absolute atomic E-state index is 0.501. The Kier molecular flexibility index (Phi) is 1.96. The van der Waals surface area contributed by atoms with Gasteiger partial charge in [-0.05, 0) is 0 Å². The summed E-state index contributed by atoms with van der Waals surface area (Å²) in [6.45, 7) is 8.44. The number of hydrogen-bond acceptors (Lipinski definition) is 1. The predicted octanol–water partition coefficient (Wildman–Crippen LogP) is 3.55. The van der Waals surface area contributed by atoms with Gasteiger partial charge in [0.15, 0.2) is 0 Å². The summed E-state index contributed by atoms with van der Waals surface area (Å²) >= 11 is 0. The first-order chi connectivity index (χ1) is 4.55. The van der Waals surface area contributed by atoms with Crippen LogP contribution in [0.15, 0.2) is 0 Å². The van der Waals surface area contributed by atoms with Crippen molar-refractivity contribution in [3.05, 3.63) is 10.6 Å². The Hall–Kier alpha value is -0.160. The van der Waals surface area contributed by atoms with Gasteiger partial charge in [0.1, 0.15) is 0 Å². The molecule has 0 saturated carbocycles. The van der Waals surface area contributed by atoms with Gasteiger partial charge in [-0.25, -0.2) is 0 Å². The first-order valence-electron chi connectivity index (χ1n) is 3.77. The maximum Gasteiger partial charge on any atom is 0.415 e. The molecule has 56 valence electrons. The van der Waals surface area contributed by atoms with Crippen LogP contribution in [0, 0.1) is 0 Å². The highest BCUT2D eigenvalue weighted by atomic mass is 31.1. The summed E-state index contributed by atoms with van der Waals surface area (Å²) in [5.74, 6) is 1.00. The zero-order valence-corrected chi connectivity index (χ0v) is 7.90. The monoisotopic (exact) mass is 157 g/mol. The van der Waals surface area contributed by atoms with Crippen LogP contribution < -0.4 is 0 Å². The van der Waals surface area contributed by atoms with Crippen LogP contribution in [0.25, 0.3) is 0 Å². The molecule has 1 rings (SSSR count). The van der Waals surface area contributed by atoms with E-state index in [1.807, 2.05) is 0 Å². The molecule has 0 bridgehead atoms. The van der Waals surface area contributed by atoms with Gasteiger partial charge in [-0.2, -0.15) is 0 Å². The van der Waals surface area contributed by atoms with Gasteiger partial charge < -0.3 is 0 Å². The molecule has 0 N–H and O–H groups in total. The lowest BCUT2D eigenvalue weighted by atomic mass is 10.1. The highest BCUT2D eigenvalue weighted by molar-refractivity contribution is 7.45. The molecule has 1 nitrogen and oxygen atoms in total. The summed E-state index contributed by atoms with van der Waals surface area (Å²) in [5, 5.41) is 2.45. The standard InChI is InChI=1S/C8H14OP/c1-5(2)7-8(6(3)4)10(7)9/h5-6H,1-4H3/q+1. The van der Waals surface area contributed by atoms with Crippen LogP contribution in [-0.2, 0) is 4.57 Å². The maximum absolute atomic E-state index is 11.2. The average Bonchev–Trinajstić information content (AvgIpc) is 2.40. The summed E-state index contributed by atoms with van der Waals surface area (Å²) < 4.78 is 11.2. The molecule has 0 atom stereocenters. The van der Waals surface area contributed by atoms with Crippen molar-refractivity contribution in [2.75, 3.05) is 0 Å². The van der Waals surface area contributed by atoms with Crippen molar-refractivity contribution in [1.29, 1.82) is 0 Å². The summed E-state index contributed by atoms with van der Waals surface area (Å²) in [7, 11) is -0.993. The summed E-state index contributed by atoms with van der Waals surface area (Å²) in [6.07, 6.45) is 0. The fourth-order valence-corrected chi connectivity index (χ4v) is 3.16. The van der Waals surface area contributed by atoms with Gasteiger partial charge in [0.2, 0.25) is 10.6 Å². The molecule has 0 amide bonds. The quantitative estimate of drug-likeness (QED) is 0.641. The van der Waals surface area contributed by atoms with E-state index in [4.69, 9.17) is 0 Å². The van der Waals surface area contributed by atoms with Crippen LogP contribution in [0.4, 0.5) is 0 Å². The molecule has 1 aromatic heterocycles. The first kappa shape index (κ1) is 7.94. The van der Waals surface area contributed by atoms with E-state index in [2.05, 4.69) is 27.7 Å². The Morgan fingerprint density at radius 3 is 1.40 bits per heavy atom. The molecule has 0 radical (unpaired) electrons. The average molecular weight is 157 g/mol. The lowest BCUT2D eigenvalue weighted by Gasteiger charge is -1.86. The summed E-state index contributed by atoms with van der Waals surface area (Å²) in [4.78, 5) is 0. The van der Waals surface area contributed by atoms with E-state index in [0.29, 0.717) is 11.8 Å². The zero-order chi connectivity index (χ0) is 7.89. The van der Waals surface area contributed by atoms with Crippen LogP contribution in [0.2, 0.25) is 0 Å². The first-order valence-corrected chi connectivity index (χ1v) is 5.03. The maximum atomic E-state index is 11.2. The third-order valence-corrected chi connectivity index (χ3v) is 3.91. The second-order valence-electron chi connectivity index (χ2n) is 3.37. The van der Waals surface area contributed by atoms with Gasteiger partial charge in [-0.1, -0.05) is 32.3 Å². The van der Waals surface area contributed by atoms with Crippen LogP contribution in [-0.4, -0.2) is 0 Å². The van der Waals surface area contributed by atoms with Gasteiger partial charge in [-0.15, -0.1) is 0 Å². The van der Waals surface area contributed by atoms with Gasteiger partial charge in [0.05, 0.1) is 0 Å². The normalized spacial score (nSPS) is 12.2. The molecular formula is C8H14OP+. The van der Waals surface area contributed by atoms with Gasteiger partial charge in [0, 0.05) is 11.8 Å². The van der Waals surface area contributed by atoms with Crippen molar-refractivity contribution in [2.24, 2.45) is 0 Å². The molecule has 0 unspecified atom stereocenters. The van der Waals surface area contributed by atoms with E-state index in [-0.39, 0.29) is 0 Å². The second-order valence-corrected chi connectivity index (χ2v) is 4.93. The van der Waals surface area contributed by atoms with Crippen molar-refractivity contribution in [2.45, 2.75) is 39.5 Å². The van der Waals surface area contributed by atoms with Crippen LogP contribution in [0.5, 0.6) is 0 Å². The Labute approximate surface area is 62.9 Å². The topological polar surface area (TPSA) is 17.1 Å². The van der Waals surface area contributed by atoms with Crippen LogP contribution in [0.3, 0.4) is 0 Å². The van der Waals surface area contributed by atoms with E-state index in [0.717, 1.165) is 0 Å². The lowest BCUT2D eigenvalue weighted by molar-refractivity contribution is 0.601. The SMILES string of the molecule is CC(C)c1c(C(C)C)[p+]1=O. The smallest absolute Gasteiger partial charge is 0.0617 e. The van der Waals surface area contributed by atoms with Crippen molar-refractivity contribution >= 4 is 7.41 Å². The van der Waals surface area contributed by atoms with E-state index in [9.17, 15) is 4.57 Å². The third-order valence-electron chi connectivity index (χ3n) is 1.74. The Balaban J connectivity index is 2.80. The minimum Gasteiger partial charge on any atom is -0.0617 e. The zero-order valence-electron chi connectivity index (χ0n) is 7.01. The van der Waals surface area contributed by atoms with Gasteiger partial charge >= 0.3 is 7.41 Å². The summed E-state index contributed by atoms with van der Waals surface area (Å²) in [5.41, 5.74) is 0. The molecule has 10 heavy (non-hydrogen) atoms. The van der Waals surface area contributed by atoms with Gasteiger partial charge in [-0.3, -0.25) is 0 Å². The van der Waals surface area contributed by atoms with Crippen molar-refractivity contribution < 1.29 is 4.57 Å². The Morgan fingerprint density at radius 2 is 1.30 bits per heavy atom. The fourth-order valence-electron chi connectivity index (χ4n) is 1.24. The van der Waals surface area contributed by atoms with E-state index >= 15 is 0 Å². The lowest BCUT2D eigenvalue weighted by Crippen LogP contribution is -1.80. The predicted molar refractivity (Wildman–Crippen MR) is 44.6 cm³/mol. The molecule has 1 aromatic rings.